The van der Waals surface area contributed by atoms with Gasteiger partial charge in [-0.15, -0.1) is 0 Å². The Bertz CT molecular complexity index is 252. The molecule has 2 aliphatic rings. The Hall–Kier alpha value is -0.120. The van der Waals surface area contributed by atoms with Crippen LogP contribution in [0.3, 0.4) is 0 Å². The van der Waals surface area contributed by atoms with Gasteiger partial charge in [0.2, 0.25) is 0 Å². The summed E-state index contributed by atoms with van der Waals surface area (Å²) in [4.78, 5) is 5.22. The summed E-state index contributed by atoms with van der Waals surface area (Å²) in [5.74, 6) is 0.973. The second-order valence-electron chi connectivity index (χ2n) is 6.47. The van der Waals surface area contributed by atoms with Crippen molar-refractivity contribution in [2.24, 2.45) is 11.7 Å². The summed E-state index contributed by atoms with van der Waals surface area (Å²) in [5, 5.41) is 0. The highest BCUT2D eigenvalue weighted by Crippen LogP contribution is 2.35. The molecule has 1 aliphatic carbocycles. The van der Waals surface area contributed by atoms with Gasteiger partial charge < -0.3 is 10.6 Å². The molecule has 1 saturated carbocycles. The number of nitrogens with two attached hydrogens (primary N) is 1. The van der Waals surface area contributed by atoms with Crippen molar-refractivity contribution in [2.75, 3.05) is 39.8 Å². The summed E-state index contributed by atoms with van der Waals surface area (Å²) in [5.41, 5.74) is 6.52. The molecule has 3 heteroatoms. The van der Waals surface area contributed by atoms with E-state index in [-0.39, 0.29) is 0 Å². The van der Waals surface area contributed by atoms with Crippen molar-refractivity contribution in [1.29, 1.82) is 0 Å². The van der Waals surface area contributed by atoms with E-state index in [4.69, 9.17) is 5.73 Å². The molecule has 0 radical (unpaired) electrons. The molecule has 1 heterocycles. The average Bonchev–Trinajstić information content (AvgIpc) is 3.17. The van der Waals surface area contributed by atoms with Crippen LogP contribution in [0, 0.1) is 5.92 Å². The van der Waals surface area contributed by atoms with Crippen molar-refractivity contribution >= 4 is 0 Å². The fourth-order valence-corrected chi connectivity index (χ4v) is 3.37. The van der Waals surface area contributed by atoms with Crippen LogP contribution in [0.4, 0.5) is 0 Å². The highest BCUT2D eigenvalue weighted by Gasteiger charge is 2.38. The molecule has 1 saturated heterocycles. The molecule has 3 nitrogen and oxygen atoms in total. The molecule has 1 atom stereocenters. The van der Waals surface area contributed by atoms with Crippen LogP contribution in [0.5, 0.6) is 0 Å². The van der Waals surface area contributed by atoms with Crippen molar-refractivity contribution in [2.45, 2.75) is 51.0 Å². The SMILES string of the molecule is CCCN(CC1CC1)C1(CN)CCCN(C)CC1. The second kappa shape index (κ2) is 6.36. The van der Waals surface area contributed by atoms with Crippen LogP contribution < -0.4 is 5.73 Å². The quantitative estimate of drug-likeness (QED) is 0.785. The highest BCUT2D eigenvalue weighted by atomic mass is 15.2. The summed E-state index contributed by atoms with van der Waals surface area (Å²) >= 11 is 0. The van der Waals surface area contributed by atoms with Gasteiger partial charge in [0.1, 0.15) is 0 Å². The normalized spacial score (nSPS) is 30.7. The van der Waals surface area contributed by atoms with Gasteiger partial charge in [-0.3, -0.25) is 4.90 Å². The zero-order valence-corrected chi connectivity index (χ0v) is 12.3. The van der Waals surface area contributed by atoms with Gasteiger partial charge in [-0.05, 0) is 71.1 Å². The number of hydrogen-bond acceptors (Lipinski definition) is 3. The van der Waals surface area contributed by atoms with Crippen molar-refractivity contribution in [3.8, 4) is 0 Å². The number of nitrogens with zero attached hydrogens (tertiary/aromatic N) is 2. The van der Waals surface area contributed by atoms with Crippen molar-refractivity contribution in [1.82, 2.24) is 9.80 Å². The molecule has 1 unspecified atom stereocenters. The van der Waals surface area contributed by atoms with Crippen LogP contribution in [0.15, 0.2) is 0 Å². The van der Waals surface area contributed by atoms with Crippen LogP contribution in [-0.2, 0) is 0 Å². The molecule has 0 aromatic rings. The molecule has 2 fully saturated rings. The van der Waals surface area contributed by atoms with E-state index in [1.807, 2.05) is 0 Å². The van der Waals surface area contributed by atoms with E-state index < -0.39 is 0 Å². The van der Waals surface area contributed by atoms with E-state index in [0.29, 0.717) is 5.54 Å². The third kappa shape index (κ3) is 3.46. The van der Waals surface area contributed by atoms with Crippen LogP contribution in [0.1, 0.15) is 45.4 Å². The van der Waals surface area contributed by atoms with Crippen LogP contribution in [-0.4, -0.2) is 55.1 Å². The standard InChI is InChI=1S/C15H31N3/c1-3-9-18(12-14-5-6-14)15(13-16)7-4-10-17(2)11-8-15/h14H,3-13,16H2,1-2H3. The minimum atomic E-state index is 0.295. The first-order valence-electron chi connectivity index (χ1n) is 7.84. The van der Waals surface area contributed by atoms with Gasteiger partial charge in [0.25, 0.3) is 0 Å². The largest absolute Gasteiger partial charge is 0.329 e. The Balaban J connectivity index is 2.04. The predicted molar refractivity (Wildman–Crippen MR) is 77.7 cm³/mol. The molecular formula is C15H31N3. The maximum absolute atomic E-state index is 6.22. The van der Waals surface area contributed by atoms with E-state index in [9.17, 15) is 0 Å². The Morgan fingerprint density at radius 3 is 2.67 bits per heavy atom. The lowest BCUT2D eigenvalue weighted by Crippen LogP contribution is -2.55. The van der Waals surface area contributed by atoms with Crippen molar-refractivity contribution in [3.05, 3.63) is 0 Å². The van der Waals surface area contributed by atoms with E-state index >= 15 is 0 Å². The molecule has 18 heavy (non-hydrogen) atoms. The zero-order valence-electron chi connectivity index (χ0n) is 12.3. The first-order chi connectivity index (χ1) is 8.70. The third-order valence-corrected chi connectivity index (χ3v) is 4.86. The lowest BCUT2D eigenvalue weighted by Gasteiger charge is -2.43. The number of hydrogen-bond donors (Lipinski definition) is 1. The van der Waals surface area contributed by atoms with E-state index in [1.165, 1.54) is 64.7 Å². The minimum Gasteiger partial charge on any atom is -0.329 e. The maximum Gasteiger partial charge on any atom is 0.0344 e. The summed E-state index contributed by atoms with van der Waals surface area (Å²) in [6.07, 6.45) is 8.00. The molecule has 0 bridgehead atoms. The van der Waals surface area contributed by atoms with Gasteiger partial charge in [0.05, 0.1) is 0 Å². The van der Waals surface area contributed by atoms with E-state index in [1.54, 1.807) is 0 Å². The Morgan fingerprint density at radius 1 is 1.28 bits per heavy atom. The van der Waals surface area contributed by atoms with Gasteiger partial charge in [0.15, 0.2) is 0 Å². The maximum atomic E-state index is 6.22. The molecule has 106 valence electrons. The lowest BCUT2D eigenvalue weighted by atomic mass is 9.87. The monoisotopic (exact) mass is 253 g/mol. The number of rotatable bonds is 6. The van der Waals surface area contributed by atoms with E-state index in [2.05, 4.69) is 23.8 Å². The minimum absolute atomic E-state index is 0.295. The Kier molecular flexibility index (Phi) is 5.05. The third-order valence-electron chi connectivity index (χ3n) is 4.86. The summed E-state index contributed by atoms with van der Waals surface area (Å²) in [6, 6.07) is 0. The van der Waals surface area contributed by atoms with Gasteiger partial charge in [0, 0.05) is 18.6 Å². The first kappa shape index (κ1) is 14.3. The fraction of sp³-hybridized carbons (Fsp3) is 1.00. The van der Waals surface area contributed by atoms with E-state index in [0.717, 1.165) is 12.5 Å². The van der Waals surface area contributed by atoms with Crippen LogP contribution in [0.25, 0.3) is 0 Å². The Labute approximate surface area is 113 Å². The average molecular weight is 253 g/mol. The number of likely N-dealkylation sites (tertiary alicyclic amines) is 1. The molecule has 2 rings (SSSR count). The van der Waals surface area contributed by atoms with Crippen LogP contribution in [0.2, 0.25) is 0 Å². The molecule has 0 aromatic carbocycles. The van der Waals surface area contributed by atoms with Gasteiger partial charge >= 0.3 is 0 Å². The molecule has 2 N–H and O–H groups in total. The fourth-order valence-electron chi connectivity index (χ4n) is 3.37. The topological polar surface area (TPSA) is 32.5 Å². The summed E-state index contributed by atoms with van der Waals surface area (Å²) in [7, 11) is 2.25. The van der Waals surface area contributed by atoms with Gasteiger partial charge in [-0.2, -0.15) is 0 Å². The first-order valence-corrected chi connectivity index (χ1v) is 7.84. The molecule has 0 aromatic heterocycles. The molecule has 1 aliphatic heterocycles. The zero-order chi connectivity index (χ0) is 13.0. The molecule has 0 spiro atoms. The van der Waals surface area contributed by atoms with Crippen LogP contribution >= 0.6 is 0 Å². The van der Waals surface area contributed by atoms with Gasteiger partial charge in [-0.25, -0.2) is 0 Å². The summed E-state index contributed by atoms with van der Waals surface area (Å²) < 4.78 is 0. The molecule has 0 amide bonds. The smallest absolute Gasteiger partial charge is 0.0344 e. The summed E-state index contributed by atoms with van der Waals surface area (Å²) in [6.45, 7) is 8.12. The Morgan fingerprint density at radius 2 is 2.06 bits per heavy atom. The van der Waals surface area contributed by atoms with Gasteiger partial charge in [-0.1, -0.05) is 6.92 Å². The molecular weight excluding hydrogens is 222 g/mol. The van der Waals surface area contributed by atoms with Crippen molar-refractivity contribution < 1.29 is 0 Å². The lowest BCUT2D eigenvalue weighted by molar-refractivity contribution is 0.0733. The second-order valence-corrected chi connectivity index (χ2v) is 6.47. The highest BCUT2D eigenvalue weighted by molar-refractivity contribution is 4.96. The predicted octanol–water partition coefficient (Wildman–Crippen LogP) is 1.92. The van der Waals surface area contributed by atoms with Crippen molar-refractivity contribution in [3.63, 3.8) is 0 Å².